The molecule has 0 bridgehead atoms. The highest BCUT2D eigenvalue weighted by atomic mass is 16.2. The smallest absolute Gasteiger partial charge is 0.320 e. The summed E-state index contributed by atoms with van der Waals surface area (Å²) in [5.74, 6) is -0.196. The SMILES string of the molecule is C=C(C)CN1CCC(=O)NC1=O. The Labute approximate surface area is 71.2 Å². The number of carbonyl (C=O) groups is 2. The standard InChI is InChI=1S/C8H12N2O2/c1-6(2)5-10-4-3-7(11)9-8(10)12/h1,3-5H2,2H3,(H,9,11,12). The Balaban J connectivity index is 2.51. The Kier molecular flexibility index (Phi) is 2.47. The molecule has 0 aromatic carbocycles. The van der Waals surface area contributed by atoms with Crippen molar-refractivity contribution in [1.82, 2.24) is 10.2 Å². The lowest BCUT2D eigenvalue weighted by molar-refractivity contribution is -0.121. The van der Waals surface area contributed by atoms with Crippen molar-refractivity contribution in [2.45, 2.75) is 13.3 Å². The van der Waals surface area contributed by atoms with Crippen LogP contribution in [0.15, 0.2) is 12.2 Å². The first-order chi connectivity index (χ1) is 5.59. The van der Waals surface area contributed by atoms with Gasteiger partial charge in [-0.25, -0.2) is 4.79 Å². The number of amides is 3. The molecule has 4 heteroatoms. The van der Waals surface area contributed by atoms with E-state index < -0.39 is 0 Å². The van der Waals surface area contributed by atoms with Gasteiger partial charge in [-0.15, -0.1) is 0 Å². The summed E-state index contributed by atoms with van der Waals surface area (Å²) in [6.45, 7) is 6.57. The summed E-state index contributed by atoms with van der Waals surface area (Å²) in [4.78, 5) is 23.4. The number of carbonyl (C=O) groups excluding carboxylic acids is 2. The molecule has 1 rings (SSSR count). The van der Waals surface area contributed by atoms with Gasteiger partial charge in [-0.05, 0) is 6.92 Å². The minimum absolute atomic E-state index is 0.196. The number of rotatable bonds is 2. The predicted molar refractivity (Wildman–Crippen MR) is 44.5 cm³/mol. The van der Waals surface area contributed by atoms with Crippen LogP contribution in [0, 0.1) is 0 Å². The molecule has 1 aliphatic heterocycles. The normalized spacial score (nSPS) is 17.6. The monoisotopic (exact) mass is 168 g/mol. The molecule has 1 heterocycles. The van der Waals surface area contributed by atoms with Crippen molar-refractivity contribution in [3.63, 3.8) is 0 Å². The maximum Gasteiger partial charge on any atom is 0.324 e. The van der Waals surface area contributed by atoms with E-state index in [-0.39, 0.29) is 11.9 Å². The van der Waals surface area contributed by atoms with E-state index in [1.165, 1.54) is 0 Å². The molecule has 12 heavy (non-hydrogen) atoms. The predicted octanol–water partition coefficient (Wildman–Crippen LogP) is 0.504. The Morgan fingerprint density at radius 1 is 1.67 bits per heavy atom. The van der Waals surface area contributed by atoms with Crippen LogP contribution in [0.25, 0.3) is 0 Å². The van der Waals surface area contributed by atoms with Gasteiger partial charge >= 0.3 is 6.03 Å². The van der Waals surface area contributed by atoms with Crippen LogP contribution in [0.1, 0.15) is 13.3 Å². The summed E-state index contributed by atoms with van der Waals surface area (Å²) in [6, 6.07) is -0.311. The van der Waals surface area contributed by atoms with Crippen LogP contribution in [0.2, 0.25) is 0 Å². The van der Waals surface area contributed by atoms with Crippen molar-refractivity contribution in [1.29, 1.82) is 0 Å². The van der Waals surface area contributed by atoms with E-state index in [1.807, 2.05) is 6.92 Å². The van der Waals surface area contributed by atoms with Crippen LogP contribution in [0.4, 0.5) is 4.79 Å². The van der Waals surface area contributed by atoms with Crippen molar-refractivity contribution >= 4 is 11.9 Å². The first-order valence-corrected chi connectivity index (χ1v) is 3.82. The fraction of sp³-hybridized carbons (Fsp3) is 0.500. The first kappa shape index (κ1) is 8.77. The summed E-state index contributed by atoms with van der Waals surface area (Å²) < 4.78 is 0. The second kappa shape index (κ2) is 3.38. The van der Waals surface area contributed by atoms with E-state index in [2.05, 4.69) is 11.9 Å². The van der Waals surface area contributed by atoms with Crippen LogP contribution in [-0.4, -0.2) is 29.9 Å². The maximum absolute atomic E-state index is 11.1. The zero-order chi connectivity index (χ0) is 9.14. The third kappa shape index (κ3) is 2.08. The lowest BCUT2D eigenvalue weighted by atomic mass is 10.2. The average Bonchev–Trinajstić information content (AvgIpc) is 1.94. The molecule has 66 valence electrons. The lowest BCUT2D eigenvalue weighted by Gasteiger charge is -2.26. The maximum atomic E-state index is 11.1. The molecule has 0 aliphatic carbocycles. The fourth-order valence-electron chi connectivity index (χ4n) is 1.08. The third-order valence-corrected chi connectivity index (χ3v) is 1.60. The van der Waals surface area contributed by atoms with Crippen molar-refractivity contribution in [2.75, 3.05) is 13.1 Å². The minimum atomic E-state index is -0.311. The Hall–Kier alpha value is -1.32. The number of nitrogens with one attached hydrogen (secondary N) is 1. The molecule has 3 amide bonds. The molecule has 0 unspecified atom stereocenters. The summed E-state index contributed by atoms with van der Waals surface area (Å²) in [7, 11) is 0. The molecule has 0 atom stereocenters. The topological polar surface area (TPSA) is 49.4 Å². The number of hydrogen-bond donors (Lipinski definition) is 1. The highest BCUT2D eigenvalue weighted by Gasteiger charge is 2.21. The molecule has 4 nitrogen and oxygen atoms in total. The average molecular weight is 168 g/mol. The summed E-state index contributed by atoms with van der Waals surface area (Å²) in [6.07, 6.45) is 0.388. The van der Waals surface area contributed by atoms with Gasteiger partial charge in [0.1, 0.15) is 0 Å². The molecular weight excluding hydrogens is 156 g/mol. The number of urea groups is 1. The van der Waals surface area contributed by atoms with E-state index in [0.29, 0.717) is 19.5 Å². The van der Waals surface area contributed by atoms with Gasteiger partial charge in [0.25, 0.3) is 0 Å². The molecule has 0 spiro atoms. The second-order valence-electron chi connectivity index (χ2n) is 2.98. The van der Waals surface area contributed by atoms with Gasteiger partial charge in [-0.2, -0.15) is 0 Å². The van der Waals surface area contributed by atoms with Gasteiger partial charge in [0.15, 0.2) is 0 Å². The Bertz CT molecular complexity index is 235. The van der Waals surface area contributed by atoms with Gasteiger partial charge in [-0.3, -0.25) is 10.1 Å². The number of hydrogen-bond acceptors (Lipinski definition) is 2. The van der Waals surface area contributed by atoms with E-state index in [0.717, 1.165) is 5.57 Å². The molecule has 0 radical (unpaired) electrons. The zero-order valence-electron chi connectivity index (χ0n) is 7.09. The molecule has 1 fully saturated rings. The van der Waals surface area contributed by atoms with E-state index in [9.17, 15) is 9.59 Å². The Morgan fingerprint density at radius 2 is 2.33 bits per heavy atom. The summed E-state index contributed by atoms with van der Waals surface area (Å²) >= 11 is 0. The lowest BCUT2D eigenvalue weighted by Crippen LogP contribution is -2.49. The Morgan fingerprint density at radius 3 is 2.83 bits per heavy atom. The first-order valence-electron chi connectivity index (χ1n) is 3.82. The van der Waals surface area contributed by atoms with Gasteiger partial charge in [-0.1, -0.05) is 12.2 Å². The third-order valence-electron chi connectivity index (χ3n) is 1.60. The highest BCUT2D eigenvalue weighted by molar-refractivity contribution is 5.96. The van der Waals surface area contributed by atoms with Gasteiger partial charge in [0.05, 0.1) is 0 Å². The quantitative estimate of drug-likeness (QED) is 0.610. The van der Waals surface area contributed by atoms with Crippen LogP contribution in [0.5, 0.6) is 0 Å². The largest absolute Gasteiger partial charge is 0.324 e. The molecule has 1 N–H and O–H groups in total. The second-order valence-corrected chi connectivity index (χ2v) is 2.98. The highest BCUT2D eigenvalue weighted by Crippen LogP contribution is 2.02. The van der Waals surface area contributed by atoms with Gasteiger partial charge < -0.3 is 4.90 Å². The molecule has 0 aromatic heterocycles. The molecule has 0 aromatic rings. The van der Waals surface area contributed by atoms with Gasteiger partial charge in [0, 0.05) is 19.5 Å². The number of imide groups is 1. The van der Waals surface area contributed by atoms with Crippen molar-refractivity contribution in [2.24, 2.45) is 0 Å². The summed E-state index contributed by atoms with van der Waals surface area (Å²) in [5.41, 5.74) is 0.916. The van der Waals surface area contributed by atoms with E-state index in [1.54, 1.807) is 4.90 Å². The minimum Gasteiger partial charge on any atom is -0.320 e. The van der Waals surface area contributed by atoms with Crippen LogP contribution < -0.4 is 5.32 Å². The zero-order valence-corrected chi connectivity index (χ0v) is 7.09. The van der Waals surface area contributed by atoms with E-state index >= 15 is 0 Å². The molecule has 1 aliphatic rings. The van der Waals surface area contributed by atoms with Crippen LogP contribution >= 0.6 is 0 Å². The molecular formula is C8H12N2O2. The molecule has 1 saturated heterocycles. The van der Waals surface area contributed by atoms with Crippen LogP contribution in [-0.2, 0) is 4.79 Å². The van der Waals surface area contributed by atoms with Gasteiger partial charge in [0.2, 0.25) is 5.91 Å². The number of nitrogens with zero attached hydrogens (tertiary/aromatic N) is 1. The van der Waals surface area contributed by atoms with Crippen LogP contribution in [0.3, 0.4) is 0 Å². The summed E-state index contributed by atoms with van der Waals surface area (Å²) in [5, 5.41) is 2.24. The van der Waals surface area contributed by atoms with Crippen molar-refractivity contribution in [3.05, 3.63) is 12.2 Å². The van der Waals surface area contributed by atoms with Crippen molar-refractivity contribution in [3.8, 4) is 0 Å². The fourth-order valence-corrected chi connectivity index (χ4v) is 1.08. The van der Waals surface area contributed by atoms with E-state index in [4.69, 9.17) is 0 Å². The molecule has 0 saturated carbocycles. The van der Waals surface area contributed by atoms with Crippen molar-refractivity contribution < 1.29 is 9.59 Å².